The summed E-state index contributed by atoms with van der Waals surface area (Å²) in [5.41, 5.74) is 1.40. The third-order valence-corrected chi connectivity index (χ3v) is 4.50. The van der Waals surface area contributed by atoms with E-state index in [-0.39, 0.29) is 16.6 Å². The van der Waals surface area contributed by atoms with Crippen LogP contribution < -0.4 is 15.2 Å². The fraction of sp³-hybridized carbons (Fsp3) is 0.167. The van der Waals surface area contributed by atoms with Crippen molar-refractivity contribution >= 4 is 22.0 Å². The molecule has 0 aliphatic rings. The molecule has 6 nitrogen and oxygen atoms in total. The van der Waals surface area contributed by atoms with Crippen molar-refractivity contribution in [1.29, 1.82) is 0 Å². The van der Waals surface area contributed by atoms with Crippen molar-refractivity contribution in [2.75, 3.05) is 13.7 Å². The molecule has 0 bridgehead atoms. The van der Waals surface area contributed by atoms with Crippen molar-refractivity contribution < 1.29 is 22.3 Å². The van der Waals surface area contributed by atoms with Crippen LogP contribution in [0.2, 0.25) is 0 Å². The highest BCUT2D eigenvalue weighted by molar-refractivity contribution is 7.89. The molecule has 2 rings (SSSR count). The molecule has 2 aromatic carbocycles. The fourth-order valence-electron chi connectivity index (χ4n) is 2.19. The molecule has 0 aliphatic carbocycles. The van der Waals surface area contributed by atoms with Crippen LogP contribution in [0.5, 0.6) is 5.75 Å². The average molecular weight is 378 g/mol. The first-order chi connectivity index (χ1) is 12.3. The quantitative estimate of drug-likeness (QED) is 0.719. The molecule has 26 heavy (non-hydrogen) atoms. The van der Waals surface area contributed by atoms with Crippen LogP contribution in [0.25, 0.3) is 6.08 Å². The third-order valence-electron chi connectivity index (χ3n) is 3.57. The lowest BCUT2D eigenvalue weighted by atomic mass is 10.1. The highest BCUT2D eigenvalue weighted by atomic mass is 32.2. The van der Waals surface area contributed by atoms with E-state index in [0.717, 1.165) is 5.56 Å². The van der Waals surface area contributed by atoms with E-state index in [9.17, 15) is 17.6 Å². The summed E-state index contributed by atoms with van der Waals surface area (Å²) in [6, 6.07) is 10.5. The zero-order chi connectivity index (χ0) is 19.2. The Balaban J connectivity index is 1.84. The maximum Gasteiger partial charge on any atom is 0.244 e. The van der Waals surface area contributed by atoms with Gasteiger partial charge in [0, 0.05) is 12.6 Å². The molecule has 0 heterocycles. The molecule has 0 spiro atoms. The van der Waals surface area contributed by atoms with Gasteiger partial charge in [0.25, 0.3) is 0 Å². The molecule has 0 unspecified atom stereocenters. The van der Waals surface area contributed by atoms with Gasteiger partial charge in [-0.1, -0.05) is 18.2 Å². The van der Waals surface area contributed by atoms with Gasteiger partial charge in [0.1, 0.15) is 0 Å². The molecule has 0 saturated heterocycles. The molecular formula is C18H19FN2O4S. The predicted octanol–water partition coefficient (Wildman–Crippen LogP) is 1.85. The second-order valence-electron chi connectivity index (χ2n) is 5.46. The van der Waals surface area contributed by atoms with Crippen molar-refractivity contribution in [2.45, 2.75) is 11.3 Å². The molecule has 0 aromatic heterocycles. The molecule has 1 amide bonds. The molecule has 138 valence electrons. The van der Waals surface area contributed by atoms with Crippen molar-refractivity contribution in [3.63, 3.8) is 0 Å². The highest BCUT2D eigenvalue weighted by Crippen LogP contribution is 2.18. The molecule has 0 aliphatic heterocycles. The molecule has 0 radical (unpaired) electrons. The van der Waals surface area contributed by atoms with E-state index in [2.05, 4.69) is 5.32 Å². The second-order valence-corrected chi connectivity index (χ2v) is 7.02. The number of primary sulfonamides is 1. The van der Waals surface area contributed by atoms with Gasteiger partial charge in [-0.05, 0) is 47.9 Å². The Kier molecular flexibility index (Phi) is 6.48. The van der Waals surface area contributed by atoms with Gasteiger partial charge in [0.05, 0.1) is 12.0 Å². The van der Waals surface area contributed by atoms with Gasteiger partial charge in [-0.3, -0.25) is 4.79 Å². The zero-order valence-electron chi connectivity index (χ0n) is 14.1. The van der Waals surface area contributed by atoms with Crippen LogP contribution in [0.15, 0.2) is 53.4 Å². The van der Waals surface area contributed by atoms with E-state index in [1.807, 2.05) is 0 Å². The standard InChI is InChI=1S/C18H19FN2O4S/c1-25-17-8-4-14(12-16(17)19)5-9-18(22)21-11-10-13-2-6-15(7-3-13)26(20,23)24/h2-9,12H,10-11H2,1H3,(H,21,22)(H2,20,23,24)/b9-5+. The number of carbonyl (C=O) groups is 1. The van der Waals surface area contributed by atoms with Gasteiger partial charge in [-0.25, -0.2) is 17.9 Å². The minimum absolute atomic E-state index is 0.0416. The Labute approximate surface area is 151 Å². The lowest BCUT2D eigenvalue weighted by Crippen LogP contribution is -2.23. The van der Waals surface area contributed by atoms with E-state index in [1.165, 1.54) is 43.5 Å². The van der Waals surface area contributed by atoms with Crippen LogP contribution in [0, 0.1) is 5.82 Å². The van der Waals surface area contributed by atoms with E-state index in [4.69, 9.17) is 9.88 Å². The first kappa shape index (κ1) is 19.6. The number of ether oxygens (including phenoxy) is 1. The number of benzene rings is 2. The molecule has 3 N–H and O–H groups in total. The van der Waals surface area contributed by atoms with Gasteiger partial charge in [-0.15, -0.1) is 0 Å². The molecule has 0 atom stereocenters. The average Bonchev–Trinajstić information content (AvgIpc) is 2.60. The number of hydrogen-bond donors (Lipinski definition) is 2. The van der Waals surface area contributed by atoms with Gasteiger partial charge < -0.3 is 10.1 Å². The summed E-state index contributed by atoms with van der Waals surface area (Å²) in [7, 11) is -2.33. The van der Waals surface area contributed by atoms with Crippen LogP contribution in [0.3, 0.4) is 0 Å². The van der Waals surface area contributed by atoms with Crippen LogP contribution in [-0.2, 0) is 21.2 Å². The molecular weight excluding hydrogens is 359 g/mol. The maximum absolute atomic E-state index is 13.6. The Morgan fingerprint density at radius 2 is 1.92 bits per heavy atom. The Bertz CT molecular complexity index is 909. The number of halogens is 1. The number of hydrogen-bond acceptors (Lipinski definition) is 4. The summed E-state index contributed by atoms with van der Waals surface area (Å²) >= 11 is 0. The SMILES string of the molecule is COc1ccc(/C=C/C(=O)NCCc2ccc(S(N)(=O)=O)cc2)cc1F. The lowest BCUT2D eigenvalue weighted by Gasteiger charge is -2.04. The summed E-state index contributed by atoms with van der Waals surface area (Å²) in [6.45, 7) is 0.370. The Morgan fingerprint density at radius 1 is 1.23 bits per heavy atom. The Morgan fingerprint density at radius 3 is 2.50 bits per heavy atom. The predicted molar refractivity (Wildman–Crippen MR) is 96.5 cm³/mol. The first-order valence-electron chi connectivity index (χ1n) is 7.71. The number of carbonyl (C=O) groups excluding carboxylic acids is 1. The van der Waals surface area contributed by atoms with Crippen LogP contribution in [-0.4, -0.2) is 28.0 Å². The van der Waals surface area contributed by atoms with Gasteiger partial charge in [-0.2, -0.15) is 0 Å². The number of sulfonamides is 1. The monoisotopic (exact) mass is 378 g/mol. The molecule has 8 heteroatoms. The van der Waals surface area contributed by atoms with Crippen molar-refractivity contribution in [3.05, 3.63) is 65.5 Å². The van der Waals surface area contributed by atoms with Gasteiger partial charge in [0.2, 0.25) is 15.9 Å². The number of nitrogens with one attached hydrogen (secondary N) is 1. The number of nitrogens with two attached hydrogens (primary N) is 1. The van der Waals surface area contributed by atoms with Crippen LogP contribution in [0.1, 0.15) is 11.1 Å². The fourth-order valence-corrected chi connectivity index (χ4v) is 2.71. The largest absolute Gasteiger partial charge is 0.494 e. The third kappa shape index (κ3) is 5.68. The lowest BCUT2D eigenvalue weighted by molar-refractivity contribution is -0.116. The van der Waals surface area contributed by atoms with E-state index in [0.29, 0.717) is 18.5 Å². The van der Waals surface area contributed by atoms with E-state index in [1.54, 1.807) is 18.2 Å². The zero-order valence-corrected chi connectivity index (χ0v) is 14.9. The van der Waals surface area contributed by atoms with Gasteiger partial charge >= 0.3 is 0 Å². The van der Waals surface area contributed by atoms with Crippen molar-refractivity contribution in [1.82, 2.24) is 5.32 Å². The summed E-state index contributed by atoms with van der Waals surface area (Å²) < 4.78 is 40.7. The number of methoxy groups -OCH3 is 1. The van der Waals surface area contributed by atoms with E-state index >= 15 is 0 Å². The van der Waals surface area contributed by atoms with Crippen molar-refractivity contribution in [2.24, 2.45) is 5.14 Å². The van der Waals surface area contributed by atoms with Gasteiger partial charge in [0.15, 0.2) is 11.6 Å². The molecule has 2 aromatic rings. The first-order valence-corrected chi connectivity index (χ1v) is 9.25. The highest BCUT2D eigenvalue weighted by Gasteiger charge is 2.06. The number of amides is 1. The molecule has 0 fully saturated rings. The minimum Gasteiger partial charge on any atom is -0.494 e. The normalized spacial score (nSPS) is 11.5. The summed E-state index contributed by atoms with van der Waals surface area (Å²) in [5, 5.41) is 7.73. The summed E-state index contributed by atoms with van der Waals surface area (Å²) in [4.78, 5) is 11.8. The topological polar surface area (TPSA) is 98.5 Å². The van der Waals surface area contributed by atoms with Crippen LogP contribution >= 0.6 is 0 Å². The smallest absolute Gasteiger partial charge is 0.244 e. The second kappa shape index (κ2) is 8.59. The Hall–Kier alpha value is -2.71. The number of rotatable bonds is 7. The minimum atomic E-state index is -3.71. The molecule has 0 saturated carbocycles. The summed E-state index contributed by atoms with van der Waals surface area (Å²) in [5.74, 6) is -0.680. The van der Waals surface area contributed by atoms with E-state index < -0.39 is 15.8 Å². The maximum atomic E-state index is 13.6. The van der Waals surface area contributed by atoms with Crippen molar-refractivity contribution in [3.8, 4) is 5.75 Å². The van der Waals surface area contributed by atoms with Crippen LogP contribution in [0.4, 0.5) is 4.39 Å². The summed E-state index contributed by atoms with van der Waals surface area (Å²) in [6.07, 6.45) is 3.34.